The third kappa shape index (κ3) is 1.87. The molecule has 0 saturated carbocycles. The van der Waals surface area contributed by atoms with Gasteiger partial charge < -0.3 is 0 Å². The van der Waals surface area contributed by atoms with E-state index in [0.29, 0.717) is 10.1 Å². The summed E-state index contributed by atoms with van der Waals surface area (Å²) in [7, 11) is 1.67. The van der Waals surface area contributed by atoms with E-state index in [1.807, 2.05) is 6.07 Å². The van der Waals surface area contributed by atoms with Gasteiger partial charge >= 0.3 is 0 Å². The van der Waals surface area contributed by atoms with Gasteiger partial charge in [-0.2, -0.15) is 5.26 Å². The Labute approximate surface area is 94.9 Å². The van der Waals surface area contributed by atoms with Gasteiger partial charge in [-0.25, -0.2) is 9.07 Å². The van der Waals surface area contributed by atoms with E-state index in [1.165, 1.54) is 10.7 Å². The molecule has 0 N–H and O–H groups in total. The molecule has 0 bridgehead atoms. The molecule has 2 rings (SSSR count). The van der Waals surface area contributed by atoms with Crippen molar-refractivity contribution in [3.63, 3.8) is 0 Å². The van der Waals surface area contributed by atoms with Crippen LogP contribution in [0.15, 0.2) is 28.3 Å². The quantitative estimate of drug-likeness (QED) is 0.786. The summed E-state index contributed by atoms with van der Waals surface area (Å²) in [5.41, 5.74) is 0.00972. The van der Waals surface area contributed by atoms with Crippen molar-refractivity contribution in [2.75, 3.05) is 0 Å². The largest absolute Gasteiger partial charge is 0.223 e. The van der Waals surface area contributed by atoms with Crippen molar-refractivity contribution < 1.29 is 4.39 Å². The molecule has 0 spiro atoms. The van der Waals surface area contributed by atoms with Crippen LogP contribution in [0.3, 0.4) is 0 Å². The standard InChI is InChI=1S/C9H6FN5S/c1-15-9(12-13-14-15)16-8-4-2-3-7(10)6(8)5-11/h2-4H,1H3. The summed E-state index contributed by atoms with van der Waals surface area (Å²) in [5.74, 6) is -0.539. The Balaban J connectivity index is 2.40. The maximum absolute atomic E-state index is 13.3. The molecule has 0 unspecified atom stereocenters. The van der Waals surface area contributed by atoms with Crippen molar-refractivity contribution in [3.05, 3.63) is 29.6 Å². The third-order valence-corrected chi connectivity index (χ3v) is 2.96. The van der Waals surface area contributed by atoms with Gasteiger partial charge in [-0.05, 0) is 34.3 Å². The molecule has 0 aliphatic carbocycles. The molecule has 0 fully saturated rings. The normalized spacial score (nSPS) is 10.1. The Hall–Kier alpha value is -1.94. The fourth-order valence-electron chi connectivity index (χ4n) is 1.10. The van der Waals surface area contributed by atoms with Crippen LogP contribution < -0.4 is 0 Å². The lowest BCUT2D eigenvalue weighted by Crippen LogP contribution is -1.94. The fourth-order valence-corrected chi connectivity index (χ4v) is 1.94. The number of halogens is 1. The molecule has 2 aromatic rings. The van der Waals surface area contributed by atoms with Gasteiger partial charge in [-0.15, -0.1) is 5.10 Å². The molecule has 0 amide bonds. The summed E-state index contributed by atoms with van der Waals surface area (Å²) < 4.78 is 14.7. The monoisotopic (exact) mass is 235 g/mol. The van der Waals surface area contributed by atoms with E-state index in [4.69, 9.17) is 5.26 Å². The second kappa shape index (κ2) is 4.28. The molecule has 0 radical (unpaired) electrons. The Morgan fingerprint density at radius 3 is 2.94 bits per heavy atom. The van der Waals surface area contributed by atoms with Crippen LogP contribution in [0, 0.1) is 17.1 Å². The van der Waals surface area contributed by atoms with Crippen molar-refractivity contribution in [3.8, 4) is 6.07 Å². The summed E-state index contributed by atoms with van der Waals surface area (Å²) in [6.07, 6.45) is 0. The lowest BCUT2D eigenvalue weighted by atomic mass is 10.2. The number of nitrogens with zero attached hydrogens (tertiary/aromatic N) is 5. The van der Waals surface area contributed by atoms with Crippen molar-refractivity contribution in [2.24, 2.45) is 7.05 Å². The van der Waals surface area contributed by atoms with Gasteiger partial charge in [-0.3, -0.25) is 0 Å². The predicted molar refractivity (Wildman–Crippen MR) is 54.0 cm³/mol. The smallest absolute Gasteiger partial charge is 0.213 e. The van der Waals surface area contributed by atoms with E-state index < -0.39 is 5.82 Å². The molecule has 0 aliphatic heterocycles. The van der Waals surface area contributed by atoms with Crippen LogP contribution in [-0.4, -0.2) is 20.2 Å². The van der Waals surface area contributed by atoms with Crippen LogP contribution >= 0.6 is 11.8 Å². The summed E-state index contributed by atoms with van der Waals surface area (Å²) in [5, 5.41) is 20.2. The van der Waals surface area contributed by atoms with Gasteiger partial charge in [0.2, 0.25) is 5.16 Å². The second-order valence-corrected chi connectivity index (χ2v) is 3.92. The van der Waals surface area contributed by atoms with Gasteiger partial charge in [0.1, 0.15) is 17.4 Å². The van der Waals surface area contributed by atoms with Crippen molar-refractivity contribution in [2.45, 2.75) is 10.1 Å². The number of aryl methyl sites for hydroxylation is 1. The molecule has 80 valence electrons. The second-order valence-electron chi connectivity index (χ2n) is 2.91. The van der Waals surface area contributed by atoms with Crippen LogP contribution in [0.5, 0.6) is 0 Å². The minimum absolute atomic E-state index is 0.00972. The van der Waals surface area contributed by atoms with Crippen LogP contribution in [-0.2, 0) is 7.05 Å². The lowest BCUT2D eigenvalue weighted by Gasteiger charge is -2.02. The predicted octanol–water partition coefficient (Wildman–Crippen LogP) is 1.37. The zero-order chi connectivity index (χ0) is 11.5. The van der Waals surface area contributed by atoms with Gasteiger partial charge in [0.25, 0.3) is 0 Å². The zero-order valence-corrected chi connectivity index (χ0v) is 9.07. The molecule has 7 heteroatoms. The molecular formula is C9H6FN5S. The van der Waals surface area contributed by atoms with E-state index in [-0.39, 0.29) is 5.56 Å². The van der Waals surface area contributed by atoms with Gasteiger partial charge in [0.15, 0.2) is 0 Å². The first-order chi connectivity index (χ1) is 7.72. The SMILES string of the molecule is Cn1nnnc1Sc1cccc(F)c1C#N. The number of tetrazole rings is 1. The average Bonchev–Trinajstić information content (AvgIpc) is 2.65. The fraction of sp³-hybridized carbons (Fsp3) is 0.111. The van der Waals surface area contributed by atoms with Crippen molar-refractivity contribution in [1.82, 2.24) is 20.2 Å². The first-order valence-electron chi connectivity index (χ1n) is 4.31. The Kier molecular flexibility index (Phi) is 2.83. The molecule has 1 aromatic heterocycles. The third-order valence-electron chi connectivity index (χ3n) is 1.87. The highest BCUT2D eigenvalue weighted by molar-refractivity contribution is 7.99. The topological polar surface area (TPSA) is 67.4 Å². The summed E-state index contributed by atoms with van der Waals surface area (Å²) >= 11 is 1.15. The highest BCUT2D eigenvalue weighted by Crippen LogP contribution is 2.28. The molecule has 1 aromatic carbocycles. The maximum Gasteiger partial charge on any atom is 0.213 e. The Morgan fingerprint density at radius 2 is 2.31 bits per heavy atom. The van der Waals surface area contributed by atoms with Crippen molar-refractivity contribution >= 4 is 11.8 Å². The molecule has 0 aliphatic rings. The highest BCUT2D eigenvalue weighted by atomic mass is 32.2. The number of hydrogen-bond donors (Lipinski definition) is 0. The summed E-state index contributed by atoms with van der Waals surface area (Å²) in [6.45, 7) is 0. The van der Waals surface area contributed by atoms with E-state index in [9.17, 15) is 4.39 Å². The number of benzene rings is 1. The lowest BCUT2D eigenvalue weighted by molar-refractivity contribution is 0.619. The van der Waals surface area contributed by atoms with Crippen molar-refractivity contribution in [1.29, 1.82) is 5.26 Å². The van der Waals surface area contributed by atoms with Crippen LogP contribution in [0.4, 0.5) is 4.39 Å². The first kappa shape index (κ1) is 10.6. The van der Waals surface area contributed by atoms with E-state index in [0.717, 1.165) is 11.8 Å². The molecule has 16 heavy (non-hydrogen) atoms. The van der Waals surface area contributed by atoms with Crippen LogP contribution in [0.2, 0.25) is 0 Å². The Morgan fingerprint density at radius 1 is 1.50 bits per heavy atom. The zero-order valence-electron chi connectivity index (χ0n) is 8.25. The summed E-state index contributed by atoms with van der Waals surface area (Å²) in [6, 6.07) is 6.27. The molecule has 1 heterocycles. The first-order valence-corrected chi connectivity index (χ1v) is 5.13. The molecule has 0 saturated heterocycles. The average molecular weight is 235 g/mol. The maximum atomic E-state index is 13.3. The minimum Gasteiger partial charge on any atom is -0.223 e. The molecular weight excluding hydrogens is 229 g/mol. The van der Waals surface area contributed by atoms with Crippen LogP contribution in [0.25, 0.3) is 0 Å². The summed E-state index contributed by atoms with van der Waals surface area (Å²) in [4.78, 5) is 0.500. The molecule has 5 nitrogen and oxygen atoms in total. The Bertz CT molecular complexity index is 559. The van der Waals surface area contributed by atoms with E-state index >= 15 is 0 Å². The number of nitriles is 1. The number of hydrogen-bond acceptors (Lipinski definition) is 5. The minimum atomic E-state index is -0.539. The van der Waals surface area contributed by atoms with Gasteiger partial charge in [0, 0.05) is 11.9 Å². The number of rotatable bonds is 2. The highest BCUT2D eigenvalue weighted by Gasteiger charge is 2.12. The number of aromatic nitrogens is 4. The van der Waals surface area contributed by atoms with Gasteiger partial charge in [-0.1, -0.05) is 6.07 Å². The van der Waals surface area contributed by atoms with Gasteiger partial charge in [0.05, 0.1) is 0 Å². The van der Waals surface area contributed by atoms with E-state index in [2.05, 4.69) is 15.5 Å². The van der Waals surface area contributed by atoms with E-state index in [1.54, 1.807) is 19.2 Å². The van der Waals surface area contributed by atoms with Crippen LogP contribution in [0.1, 0.15) is 5.56 Å². The molecule has 0 atom stereocenters.